The SMILES string of the molecule is C/C=C\C(C)=C(/C)O.CC.CC. The molecule has 12 heavy (non-hydrogen) atoms. The largest absolute Gasteiger partial charge is 0.512 e. The van der Waals surface area contributed by atoms with E-state index in [1.54, 1.807) is 6.92 Å². The molecule has 0 aromatic heterocycles. The Labute approximate surface area is 77.8 Å². The Kier molecular flexibility index (Phi) is 24.2. The standard InChI is InChI=1S/C7H12O.2C2H6/c1-4-5-6(2)7(3)8;2*1-2/h4-5,8H,1-3H3;2*1-2H3/b5-4-,7-6+;;. The highest BCUT2D eigenvalue weighted by molar-refractivity contribution is 5.17. The number of hydrogen-bond donors (Lipinski definition) is 1. The lowest BCUT2D eigenvalue weighted by atomic mass is 10.2. The van der Waals surface area contributed by atoms with Gasteiger partial charge in [0, 0.05) is 0 Å². The third-order valence-electron chi connectivity index (χ3n) is 0.987. The lowest BCUT2D eigenvalue weighted by Gasteiger charge is -1.90. The molecule has 0 heterocycles. The first-order valence-corrected chi connectivity index (χ1v) is 4.67. The average Bonchev–Trinajstić information content (AvgIpc) is 2.12. The molecule has 0 atom stereocenters. The van der Waals surface area contributed by atoms with Crippen LogP contribution >= 0.6 is 0 Å². The van der Waals surface area contributed by atoms with Crippen molar-refractivity contribution >= 4 is 0 Å². The fourth-order valence-corrected chi connectivity index (χ4v) is 0.371. The van der Waals surface area contributed by atoms with Crippen molar-refractivity contribution < 1.29 is 5.11 Å². The average molecular weight is 172 g/mol. The van der Waals surface area contributed by atoms with Gasteiger partial charge in [-0.25, -0.2) is 0 Å². The molecule has 1 heteroatoms. The topological polar surface area (TPSA) is 20.2 Å². The highest BCUT2D eigenvalue weighted by atomic mass is 16.3. The molecule has 0 bridgehead atoms. The van der Waals surface area contributed by atoms with E-state index in [9.17, 15) is 0 Å². The molecule has 0 unspecified atom stereocenters. The van der Waals surface area contributed by atoms with Crippen LogP contribution in [-0.4, -0.2) is 5.11 Å². The van der Waals surface area contributed by atoms with Crippen LogP contribution in [0.1, 0.15) is 48.5 Å². The van der Waals surface area contributed by atoms with Gasteiger partial charge in [-0.15, -0.1) is 0 Å². The molecule has 1 nitrogen and oxygen atoms in total. The molecule has 0 saturated carbocycles. The molecule has 0 aliphatic heterocycles. The second-order valence-electron chi connectivity index (χ2n) is 1.77. The summed E-state index contributed by atoms with van der Waals surface area (Å²) in [7, 11) is 0. The molecule has 0 aliphatic carbocycles. The van der Waals surface area contributed by atoms with Crippen LogP contribution in [-0.2, 0) is 0 Å². The third-order valence-corrected chi connectivity index (χ3v) is 0.987. The first-order chi connectivity index (χ1) is 5.68. The lowest BCUT2D eigenvalue weighted by Crippen LogP contribution is -1.75. The Hall–Kier alpha value is -0.720. The summed E-state index contributed by atoms with van der Waals surface area (Å²) in [5.41, 5.74) is 0.924. The molecule has 0 fully saturated rings. The minimum absolute atomic E-state index is 0.392. The second kappa shape index (κ2) is 16.7. The van der Waals surface area contributed by atoms with Crippen molar-refractivity contribution in [1.82, 2.24) is 0 Å². The Balaban J connectivity index is -0.000000175. The molecule has 0 rings (SSSR count). The summed E-state index contributed by atoms with van der Waals surface area (Å²) in [6.45, 7) is 13.5. The molecule has 0 spiro atoms. The minimum atomic E-state index is 0.392. The van der Waals surface area contributed by atoms with Crippen molar-refractivity contribution in [3.8, 4) is 0 Å². The zero-order valence-corrected chi connectivity index (χ0v) is 9.60. The van der Waals surface area contributed by atoms with Gasteiger partial charge in [0.25, 0.3) is 0 Å². The Morgan fingerprint density at radius 3 is 1.42 bits per heavy atom. The smallest absolute Gasteiger partial charge is 0.0920 e. The van der Waals surface area contributed by atoms with Gasteiger partial charge in [-0.2, -0.15) is 0 Å². The molecular weight excluding hydrogens is 148 g/mol. The number of aliphatic hydroxyl groups excluding tert-OH is 1. The van der Waals surface area contributed by atoms with E-state index in [4.69, 9.17) is 5.11 Å². The van der Waals surface area contributed by atoms with Crippen molar-refractivity contribution in [3.05, 3.63) is 23.5 Å². The second-order valence-corrected chi connectivity index (χ2v) is 1.77. The van der Waals surface area contributed by atoms with Crippen molar-refractivity contribution in [2.45, 2.75) is 48.5 Å². The summed E-state index contributed by atoms with van der Waals surface area (Å²) in [5, 5.41) is 8.78. The Morgan fingerprint density at radius 1 is 1.00 bits per heavy atom. The molecule has 0 aliphatic rings. The predicted molar refractivity (Wildman–Crippen MR) is 58.5 cm³/mol. The molecule has 0 amide bonds. The van der Waals surface area contributed by atoms with Crippen LogP contribution in [0.2, 0.25) is 0 Å². The maximum atomic E-state index is 8.78. The van der Waals surface area contributed by atoms with Crippen LogP contribution < -0.4 is 0 Å². The van der Waals surface area contributed by atoms with E-state index in [0.717, 1.165) is 5.57 Å². The summed E-state index contributed by atoms with van der Waals surface area (Å²) in [4.78, 5) is 0. The van der Waals surface area contributed by atoms with E-state index in [-0.39, 0.29) is 0 Å². The maximum absolute atomic E-state index is 8.78. The first kappa shape index (κ1) is 17.4. The number of aliphatic hydroxyl groups is 1. The van der Waals surface area contributed by atoms with Crippen LogP contribution in [0.15, 0.2) is 23.5 Å². The van der Waals surface area contributed by atoms with Crippen LogP contribution in [0.3, 0.4) is 0 Å². The highest BCUT2D eigenvalue weighted by Crippen LogP contribution is 1.99. The Bertz CT molecular complexity index is 117. The quantitative estimate of drug-likeness (QED) is 0.457. The zero-order chi connectivity index (χ0) is 10.6. The fourth-order valence-electron chi connectivity index (χ4n) is 0.371. The molecule has 0 aromatic carbocycles. The normalized spacial score (nSPS) is 10.6. The first-order valence-electron chi connectivity index (χ1n) is 4.67. The summed E-state index contributed by atoms with van der Waals surface area (Å²) < 4.78 is 0. The summed E-state index contributed by atoms with van der Waals surface area (Å²) >= 11 is 0. The monoisotopic (exact) mass is 172 g/mol. The van der Waals surface area contributed by atoms with Gasteiger partial charge >= 0.3 is 0 Å². The van der Waals surface area contributed by atoms with Gasteiger partial charge in [-0.05, 0) is 26.3 Å². The number of hydrogen-bond acceptors (Lipinski definition) is 1. The van der Waals surface area contributed by atoms with E-state index in [0.29, 0.717) is 5.76 Å². The van der Waals surface area contributed by atoms with E-state index in [1.807, 2.05) is 53.7 Å². The lowest BCUT2D eigenvalue weighted by molar-refractivity contribution is 0.409. The molecular formula is C11H24O. The van der Waals surface area contributed by atoms with Crippen LogP contribution in [0, 0.1) is 0 Å². The predicted octanol–water partition coefficient (Wildman–Crippen LogP) is 4.47. The van der Waals surface area contributed by atoms with E-state index in [2.05, 4.69) is 0 Å². The van der Waals surface area contributed by atoms with Crippen LogP contribution in [0.5, 0.6) is 0 Å². The minimum Gasteiger partial charge on any atom is -0.512 e. The van der Waals surface area contributed by atoms with Gasteiger partial charge < -0.3 is 5.11 Å². The number of allylic oxidation sites excluding steroid dienone is 4. The molecule has 74 valence electrons. The van der Waals surface area contributed by atoms with Gasteiger partial charge in [0.15, 0.2) is 0 Å². The van der Waals surface area contributed by atoms with Gasteiger partial charge in [0.2, 0.25) is 0 Å². The van der Waals surface area contributed by atoms with Crippen molar-refractivity contribution in [2.24, 2.45) is 0 Å². The van der Waals surface area contributed by atoms with Crippen LogP contribution in [0.25, 0.3) is 0 Å². The summed E-state index contributed by atoms with van der Waals surface area (Å²) in [6.07, 6.45) is 3.77. The zero-order valence-electron chi connectivity index (χ0n) is 9.60. The maximum Gasteiger partial charge on any atom is 0.0920 e. The third kappa shape index (κ3) is 16.1. The summed E-state index contributed by atoms with van der Waals surface area (Å²) in [5.74, 6) is 0.392. The van der Waals surface area contributed by atoms with Crippen molar-refractivity contribution in [1.29, 1.82) is 0 Å². The van der Waals surface area contributed by atoms with Crippen LogP contribution in [0.4, 0.5) is 0 Å². The van der Waals surface area contributed by atoms with E-state index < -0.39 is 0 Å². The van der Waals surface area contributed by atoms with Crippen molar-refractivity contribution in [3.63, 3.8) is 0 Å². The van der Waals surface area contributed by atoms with Gasteiger partial charge in [0.05, 0.1) is 5.76 Å². The van der Waals surface area contributed by atoms with Crippen molar-refractivity contribution in [2.75, 3.05) is 0 Å². The molecule has 0 saturated heterocycles. The number of rotatable bonds is 1. The van der Waals surface area contributed by atoms with E-state index in [1.165, 1.54) is 0 Å². The van der Waals surface area contributed by atoms with E-state index >= 15 is 0 Å². The summed E-state index contributed by atoms with van der Waals surface area (Å²) in [6, 6.07) is 0. The van der Waals surface area contributed by atoms with Gasteiger partial charge in [0.1, 0.15) is 0 Å². The fraction of sp³-hybridized carbons (Fsp3) is 0.636. The molecule has 1 N–H and O–H groups in total. The van der Waals surface area contributed by atoms with Gasteiger partial charge in [-0.1, -0.05) is 39.8 Å². The molecule has 0 aromatic rings. The highest BCUT2D eigenvalue weighted by Gasteiger charge is 1.83. The van der Waals surface area contributed by atoms with Gasteiger partial charge in [-0.3, -0.25) is 0 Å². The molecule has 0 radical (unpaired) electrons. The Morgan fingerprint density at radius 2 is 1.33 bits per heavy atom.